The molecule has 4 nitrogen and oxygen atoms in total. The molecule has 0 aliphatic heterocycles. The maximum Gasteiger partial charge on any atom is 0.307 e. The summed E-state index contributed by atoms with van der Waals surface area (Å²) < 4.78 is 4.88. The minimum absolute atomic E-state index is 0.202. The summed E-state index contributed by atoms with van der Waals surface area (Å²) in [6.45, 7) is 5.12. The van der Waals surface area contributed by atoms with E-state index in [-0.39, 0.29) is 5.97 Å². The van der Waals surface area contributed by atoms with Crippen LogP contribution in [0.2, 0.25) is 0 Å². The minimum Gasteiger partial charge on any atom is -0.466 e. The Morgan fingerprint density at radius 2 is 2.07 bits per heavy atom. The van der Waals surface area contributed by atoms with E-state index in [1.54, 1.807) is 6.92 Å². The maximum absolute atomic E-state index is 11.2. The second kappa shape index (κ2) is 6.80. The number of ether oxygens (including phenoxy) is 1. The predicted molar refractivity (Wildman–Crippen MR) is 61.6 cm³/mol. The molecular formula is C11H24N2O2. The molecule has 0 aromatic rings. The van der Waals surface area contributed by atoms with E-state index in [0.29, 0.717) is 13.0 Å². The van der Waals surface area contributed by atoms with E-state index in [2.05, 4.69) is 4.90 Å². The summed E-state index contributed by atoms with van der Waals surface area (Å²) in [5, 5.41) is 0. The monoisotopic (exact) mass is 216 g/mol. The third-order valence-electron chi connectivity index (χ3n) is 2.21. The van der Waals surface area contributed by atoms with E-state index in [9.17, 15) is 4.79 Å². The fourth-order valence-electron chi connectivity index (χ4n) is 1.43. The van der Waals surface area contributed by atoms with Gasteiger partial charge in [-0.25, -0.2) is 0 Å². The Morgan fingerprint density at radius 1 is 1.47 bits per heavy atom. The van der Waals surface area contributed by atoms with Gasteiger partial charge in [-0.3, -0.25) is 4.79 Å². The number of nitrogens with two attached hydrogens (primary N) is 1. The Kier molecular flexibility index (Phi) is 6.52. The van der Waals surface area contributed by atoms with Crippen LogP contribution in [0.15, 0.2) is 0 Å². The quantitative estimate of drug-likeness (QED) is 0.645. The number of hydrogen-bond acceptors (Lipinski definition) is 4. The van der Waals surface area contributed by atoms with Crippen LogP contribution < -0.4 is 5.73 Å². The van der Waals surface area contributed by atoms with Crippen LogP contribution in [0.4, 0.5) is 0 Å². The molecule has 0 aliphatic rings. The van der Waals surface area contributed by atoms with Crippen LogP contribution in [0, 0.1) is 0 Å². The number of nitrogens with zero attached hydrogens (tertiary/aromatic N) is 1. The molecule has 0 rings (SSSR count). The average molecular weight is 216 g/mol. The van der Waals surface area contributed by atoms with Crippen LogP contribution in [0.1, 0.15) is 33.1 Å². The standard InChI is InChI=1S/C11H24N2O2/c1-5-15-10(14)9-11(2,12)7-6-8-13(3)4/h5-9,12H2,1-4H3. The van der Waals surface area contributed by atoms with Crippen molar-refractivity contribution in [2.45, 2.75) is 38.6 Å². The van der Waals surface area contributed by atoms with Gasteiger partial charge in [-0.05, 0) is 47.3 Å². The molecule has 4 heteroatoms. The van der Waals surface area contributed by atoms with Crippen molar-refractivity contribution in [2.75, 3.05) is 27.2 Å². The Bertz CT molecular complexity index is 191. The molecule has 0 amide bonds. The van der Waals surface area contributed by atoms with E-state index in [1.807, 2.05) is 21.0 Å². The van der Waals surface area contributed by atoms with E-state index in [1.165, 1.54) is 0 Å². The summed E-state index contributed by atoms with van der Waals surface area (Å²) in [5.41, 5.74) is 5.57. The summed E-state index contributed by atoms with van der Waals surface area (Å²) in [6.07, 6.45) is 2.14. The molecule has 1 atom stereocenters. The summed E-state index contributed by atoms with van der Waals surface area (Å²) in [5.74, 6) is -0.202. The van der Waals surface area contributed by atoms with E-state index in [0.717, 1.165) is 19.4 Å². The molecule has 0 aliphatic carbocycles. The fraction of sp³-hybridized carbons (Fsp3) is 0.909. The largest absolute Gasteiger partial charge is 0.466 e. The van der Waals surface area contributed by atoms with Crippen molar-refractivity contribution in [3.05, 3.63) is 0 Å². The zero-order valence-electron chi connectivity index (χ0n) is 10.4. The van der Waals surface area contributed by atoms with Gasteiger partial charge in [-0.2, -0.15) is 0 Å². The first kappa shape index (κ1) is 14.4. The molecule has 0 saturated heterocycles. The van der Waals surface area contributed by atoms with Crippen LogP contribution in [0.5, 0.6) is 0 Å². The Hall–Kier alpha value is -0.610. The lowest BCUT2D eigenvalue weighted by molar-refractivity contribution is -0.144. The number of hydrogen-bond donors (Lipinski definition) is 1. The molecule has 0 heterocycles. The molecule has 2 N–H and O–H groups in total. The molecule has 0 bridgehead atoms. The first-order valence-corrected chi connectivity index (χ1v) is 5.46. The van der Waals surface area contributed by atoms with E-state index < -0.39 is 5.54 Å². The Labute approximate surface area is 92.8 Å². The highest BCUT2D eigenvalue weighted by Crippen LogP contribution is 2.14. The number of carbonyl (C=O) groups excluding carboxylic acids is 1. The van der Waals surface area contributed by atoms with Gasteiger partial charge in [-0.1, -0.05) is 0 Å². The first-order valence-electron chi connectivity index (χ1n) is 5.46. The van der Waals surface area contributed by atoms with Gasteiger partial charge in [0.15, 0.2) is 0 Å². The average Bonchev–Trinajstić information content (AvgIpc) is 2.01. The summed E-state index contributed by atoms with van der Waals surface area (Å²) in [4.78, 5) is 13.4. The summed E-state index contributed by atoms with van der Waals surface area (Å²) >= 11 is 0. The number of carbonyl (C=O) groups is 1. The lowest BCUT2D eigenvalue weighted by atomic mass is 9.93. The normalized spacial score (nSPS) is 15.1. The van der Waals surface area contributed by atoms with Crippen molar-refractivity contribution in [3.8, 4) is 0 Å². The maximum atomic E-state index is 11.2. The lowest BCUT2D eigenvalue weighted by Crippen LogP contribution is -2.39. The number of rotatable bonds is 7. The third-order valence-corrected chi connectivity index (χ3v) is 2.21. The smallest absolute Gasteiger partial charge is 0.307 e. The SMILES string of the molecule is CCOC(=O)CC(C)(N)CCCN(C)C. The van der Waals surface area contributed by atoms with Gasteiger partial charge in [0.05, 0.1) is 13.0 Å². The highest BCUT2D eigenvalue weighted by molar-refractivity contribution is 5.70. The van der Waals surface area contributed by atoms with Crippen molar-refractivity contribution in [1.29, 1.82) is 0 Å². The number of esters is 1. The molecule has 15 heavy (non-hydrogen) atoms. The van der Waals surface area contributed by atoms with E-state index >= 15 is 0 Å². The van der Waals surface area contributed by atoms with Gasteiger partial charge in [0, 0.05) is 5.54 Å². The third kappa shape index (κ3) is 8.39. The molecule has 0 radical (unpaired) electrons. The van der Waals surface area contributed by atoms with Gasteiger partial charge in [0.2, 0.25) is 0 Å². The molecule has 90 valence electrons. The van der Waals surface area contributed by atoms with Crippen molar-refractivity contribution < 1.29 is 9.53 Å². The molecular weight excluding hydrogens is 192 g/mol. The second-order valence-electron chi connectivity index (χ2n) is 4.54. The van der Waals surface area contributed by atoms with Crippen molar-refractivity contribution in [1.82, 2.24) is 4.90 Å². The van der Waals surface area contributed by atoms with Crippen molar-refractivity contribution in [2.24, 2.45) is 5.73 Å². The first-order chi connectivity index (χ1) is 6.87. The van der Waals surface area contributed by atoms with Gasteiger partial charge in [0.25, 0.3) is 0 Å². The van der Waals surface area contributed by atoms with Crippen LogP contribution in [0.3, 0.4) is 0 Å². The van der Waals surface area contributed by atoms with E-state index in [4.69, 9.17) is 10.5 Å². The summed E-state index contributed by atoms with van der Waals surface area (Å²) in [6, 6.07) is 0. The van der Waals surface area contributed by atoms with Crippen molar-refractivity contribution in [3.63, 3.8) is 0 Å². The predicted octanol–water partition coefficient (Wildman–Crippen LogP) is 0.999. The topological polar surface area (TPSA) is 55.6 Å². The highest BCUT2D eigenvalue weighted by atomic mass is 16.5. The van der Waals surface area contributed by atoms with Crippen LogP contribution in [0.25, 0.3) is 0 Å². The highest BCUT2D eigenvalue weighted by Gasteiger charge is 2.22. The zero-order chi connectivity index (χ0) is 11.9. The van der Waals surface area contributed by atoms with Crippen molar-refractivity contribution >= 4 is 5.97 Å². The van der Waals surface area contributed by atoms with Crippen LogP contribution in [-0.4, -0.2) is 43.7 Å². The summed E-state index contributed by atoms with van der Waals surface area (Å²) in [7, 11) is 4.05. The molecule has 0 fully saturated rings. The van der Waals surface area contributed by atoms with Crippen LogP contribution >= 0.6 is 0 Å². The van der Waals surface area contributed by atoms with Crippen LogP contribution in [-0.2, 0) is 9.53 Å². The van der Waals surface area contributed by atoms with Gasteiger partial charge >= 0.3 is 5.97 Å². The minimum atomic E-state index is -0.442. The van der Waals surface area contributed by atoms with Gasteiger partial charge < -0.3 is 15.4 Å². The lowest BCUT2D eigenvalue weighted by Gasteiger charge is -2.24. The molecule has 0 aromatic carbocycles. The second-order valence-corrected chi connectivity index (χ2v) is 4.54. The Morgan fingerprint density at radius 3 is 2.53 bits per heavy atom. The molecule has 0 aromatic heterocycles. The van der Waals surface area contributed by atoms with Gasteiger partial charge in [0.1, 0.15) is 0 Å². The van der Waals surface area contributed by atoms with Gasteiger partial charge in [-0.15, -0.1) is 0 Å². The zero-order valence-corrected chi connectivity index (χ0v) is 10.4. The molecule has 0 spiro atoms. The molecule has 1 unspecified atom stereocenters. The molecule has 0 saturated carbocycles. The Balaban J connectivity index is 3.80. The fourth-order valence-corrected chi connectivity index (χ4v) is 1.43.